The number of carbonyl (C=O) groups excluding carboxylic acids is 1. The van der Waals surface area contributed by atoms with Gasteiger partial charge >= 0.3 is 0 Å². The van der Waals surface area contributed by atoms with Gasteiger partial charge in [0.25, 0.3) is 5.91 Å². The summed E-state index contributed by atoms with van der Waals surface area (Å²) in [7, 11) is 1.60. The first-order chi connectivity index (χ1) is 17.1. The van der Waals surface area contributed by atoms with Gasteiger partial charge in [0, 0.05) is 32.0 Å². The van der Waals surface area contributed by atoms with E-state index >= 15 is 0 Å². The molecule has 0 saturated heterocycles. The van der Waals surface area contributed by atoms with Crippen LogP contribution in [0.1, 0.15) is 20.8 Å². The summed E-state index contributed by atoms with van der Waals surface area (Å²) < 4.78 is 9.89. The summed E-state index contributed by atoms with van der Waals surface area (Å²) in [5.74, 6) is 0.377. The molecule has 10 heteroatoms. The SMILES string of the molecule is COc1ncc2cc1NSc1cccc(c1)C(=O)NCc1ccc(s1)-c1ncnc3c(C)c-2sc13. The van der Waals surface area contributed by atoms with Gasteiger partial charge in [-0.1, -0.05) is 6.07 Å². The Balaban J connectivity index is 1.54. The molecule has 174 valence electrons. The molecule has 0 aliphatic carbocycles. The van der Waals surface area contributed by atoms with Gasteiger partial charge in [-0.05, 0) is 60.8 Å². The molecule has 6 rings (SSSR count). The van der Waals surface area contributed by atoms with E-state index in [2.05, 4.69) is 38.0 Å². The van der Waals surface area contributed by atoms with Crippen LogP contribution >= 0.6 is 34.6 Å². The number of nitrogens with zero attached hydrogens (tertiary/aromatic N) is 3. The van der Waals surface area contributed by atoms with E-state index in [-0.39, 0.29) is 5.91 Å². The normalized spacial score (nSPS) is 13.1. The molecular weight excluding hydrogens is 499 g/mol. The summed E-state index contributed by atoms with van der Waals surface area (Å²) in [6.07, 6.45) is 3.44. The monoisotopic (exact) mass is 517 g/mol. The van der Waals surface area contributed by atoms with Gasteiger partial charge in [-0.25, -0.2) is 15.0 Å². The van der Waals surface area contributed by atoms with Crippen LogP contribution in [0.25, 0.3) is 31.2 Å². The minimum atomic E-state index is -0.118. The molecular formula is C25H19N5O2S3. The van der Waals surface area contributed by atoms with Crippen LogP contribution in [-0.4, -0.2) is 28.0 Å². The molecule has 0 fully saturated rings. The summed E-state index contributed by atoms with van der Waals surface area (Å²) in [5.41, 5.74) is 5.26. The molecule has 5 heterocycles. The lowest BCUT2D eigenvalue weighted by Gasteiger charge is -2.12. The average molecular weight is 518 g/mol. The maximum atomic E-state index is 12.8. The number of amides is 1. The zero-order valence-corrected chi connectivity index (χ0v) is 21.2. The number of ether oxygens (including phenoxy) is 1. The van der Waals surface area contributed by atoms with E-state index in [1.165, 1.54) is 11.9 Å². The van der Waals surface area contributed by atoms with E-state index in [4.69, 9.17) is 4.74 Å². The molecule has 1 aliphatic heterocycles. The van der Waals surface area contributed by atoms with Crippen LogP contribution in [-0.2, 0) is 6.54 Å². The fraction of sp³-hybridized carbons (Fsp3) is 0.120. The molecule has 5 aromatic rings. The molecule has 7 nitrogen and oxygen atoms in total. The minimum Gasteiger partial charge on any atom is -0.480 e. The number of benzene rings is 1. The largest absolute Gasteiger partial charge is 0.480 e. The number of methoxy groups -OCH3 is 1. The molecule has 0 spiro atoms. The fourth-order valence-corrected chi connectivity index (χ4v) is 6.94. The quantitative estimate of drug-likeness (QED) is 0.257. The van der Waals surface area contributed by atoms with Crippen molar-refractivity contribution in [1.29, 1.82) is 0 Å². The van der Waals surface area contributed by atoms with Crippen molar-refractivity contribution < 1.29 is 9.53 Å². The highest BCUT2D eigenvalue weighted by molar-refractivity contribution is 8.00. The van der Waals surface area contributed by atoms with Crippen molar-refractivity contribution in [3.05, 3.63) is 71.0 Å². The van der Waals surface area contributed by atoms with Crippen molar-refractivity contribution in [2.45, 2.75) is 18.4 Å². The highest BCUT2D eigenvalue weighted by Crippen LogP contribution is 2.43. The zero-order chi connectivity index (χ0) is 23.9. The predicted molar refractivity (Wildman–Crippen MR) is 142 cm³/mol. The third-order valence-electron chi connectivity index (χ3n) is 5.70. The van der Waals surface area contributed by atoms with Gasteiger partial charge in [0.1, 0.15) is 17.7 Å². The second-order valence-corrected chi connectivity index (χ2v) is 11.0. The molecule has 0 radical (unpaired) electrons. The Morgan fingerprint density at radius 3 is 2.83 bits per heavy atom. The van der Waals surface area contributed by atoms with Crippen molar-refractivity contribution in [3.63, 3.8) is 0 Å². The molecule has 35 heavy (non-hydrogen) atoms. The number of hydrogen-bond donors (Lipinski definition) is 2. The molecule has 0 unspecified atom stereocenters. The van der Waals surface area contributed by atoms with E-state index in [0.29, 0.717) is 18.0 Å². The molecule has 8 bridgehead atoms. The first kappa shape index (κ1) is 22.0. The Hall–Kier alpha value is -3.47. The van der Waals surface area contributed by atoms with Gasteiger partial charge in [-0.3, -0.25) is 4.79 Å². The second-order valence-electron chi connectivity index (χ2n) is 7.92. The molecule has 1 aromatic carbocycles. The lowest BCUT2D eigenvalue weighted by Crippen LogP contribution is -2.22. The van der Waals surface area contributed by atoms with Crippen molar-refractivity contribution in [2.24, 2.45) is 0 Å². The highest BCUT2D eigenvalue weighted by Gasteiger charge is 2.19. The van der Waals surface area contributed by atoms with Gasteiger partial charge in [-0.2, -0.15) is 0 Å². The molecule has 1 aliphatic rings. The number of thiophene rings is 2. The first-order valence-electron chi connectivity index (χ1n) is 10.8. The maximum Gasteiger partial charge on any atom is 0.251 e. The van der Waals surface area contributed by atoms with Crippen LogP contribution in [0.5, 0.6) is 5.88 Å². The Morgan fingerprint density at radius 1 is 1.03 bits per heavy atom. The van der Waals surface area contributed by atoms with Crippen LogP contribution in [0.2, 0.25) is 0 Å². The van der Waals surface area contributed by atoms with Gasteiger partial charge in [0.05, 0.1) is 28.7 Å². The summed E-state index contributed by atoms with van der Waals surface area (Å²) in [5, 5.41) is 3.03. The van der Waals surface area contributed by atoms with Crippen molar-refractivity contribution in [1.82, 2.24) is 20.3 Å². The zero-order valence-electron chi connectivity index (χ0n) is 18.8. The number of pyridine rings is 1. The van der Waals surface area contributed by atoms with Gasteiger partial charge in [-0.15, -0.1) is 22.7 Å². The summed E-state index contributed by atoms with van der Waals surface area (Å²) in [6, 6.07) is 13.7. The van der Waals surface area contributed by atoms with E-state index in [1.54, 1.807) is 36.1 Å². The topological polar surface area (TPSA) is 89.0 Å². The van der Waals surface area contributed by atoms with Crippen LogP contribution in [0.4, 0.5) is 5.69 Å². The number of hydrogen-bond acceptors (Lipinski definition) is 9. The van der Waals surface area contributed by atoms with E-state index in [0.717, 1.165) is 52.3 Å². The van der Waals surface area contributed by atoms with Gasteiger partial charge < -0.3 is 14.8 Å². The van der Waals surface area contributed by atoms with Gasteiger partial charge in [0.2, 0.25) is 5.88 Å². The summed E-state index contributed by atoms with van der Waals surface area (Å²) in [4.78, 5) is 30.7. The lowest BCUT2D eigenvalue weighted by molar-refractivity contribution is 0.0951. The molecule has 2 N–H and O–H groups in total. The van der Waals surface area contributed by atoms with Crippen molar-refractivity contribution in [2.75, 3.05) is 11.8 Å². The van der Waals surface area contributed by atoms with Crippen LogP contribution in [0.3, 0.4) is 0 Å². The molecule has 0 atom stereocenters. The Morgan fingerprint density at radius 2 is 1.94 bits per heavy atom. The van der Waals surface area contributed by atoms with Crippen LogP contribution in [0, 0.1) is 6.92 Å². The average Bonchev–Trinajstić information content (AvgIpc) is 3.50. The third-order valence-corrected chi connectivity index (χ3v) is 8.94. The number of fused-ring (bicyclic) bond motifs is 9. The van der Waals surface area contributed by atoms with E-state index in [9.17, 15) is 4.79 Å². The predicted octanol–water partition coefficient (Wildman–Crippen LogP) is 6.16. The Labute approximate surface area is 213 Å². The molecule has 1 amide bonds. The molecule has 0 saturated carbocycles. The fourth-order valence-electron chi connectivity index (χ4n) is 3.97. The smallest absolute Gasteiger partial charge is 0.251 e. The Bertz CT molecular complexity index is 1590. The van der Waals surface area contributed by atoms with Crippen LogP contribution < -0.4 is 14.8 Å². The van der Waals surface area contributed by atoms with Gasteiger partial charge in [0.15, 0.2) is 0 Å². The highest BCUT2D eigenvalue weighted by atomic mass is 32.2. The number of carbonyl (C=O) groups is 1. The third kappa shape index (κ3) is 4.03. The number of aromatic nitrogens is 3. The number of nitrogens with one attached hydrogen (secondary N) is 2. The first-order valence-corrected chi connectivity index (χ1v) is 13.2. The van der Waals surface area contributed by atoms with E-state index < -0.39 is 0 Å². The summed E-state index contributed by atoms with van der Waals surface area (Å²) in [6.45, 7) is 2.54. The van der Waals surface area contributed by atoms with Crippen LogP contribution in [0.15, 0.2) is 59.9 Å². The van der Waals surface area contributed by atoms with E-state index in [1.807, 2.05) is 42.6 Å². The Kier molecular flexibility index (Phi) is 5.63. The second kappa shape index (κ2) is 8.95. The van der Waals surface area contributed by atoms with Crippen molar-refractivity contribution >= 4 is 56.4 Å². The standard InChI is InChI=1S/C25H19N5O2S3/c1-13-20-23-21(29-12-28-20)19-7-6-17(33-19)11-26-24(31)14-4-3-5-16(8-14)35-30-18-9-15(22(13)34-23)10-27-25(18)32-2/h3-10,12,30H,11H2,1-2H3,(H,26,31). The molecule has 4 aromatic heterocycles. The summed E-state index contributed by atoms with van der Waals surface area (Å²) >= 11 is 4.70. The minimum absolute atomic E-state index is 0.118. The lowest BCUT2D eigenvalue weighted by atomic mass is 10.1. The number of rotatable bonds is 1. The number of anilines is 1. The van der Waals surface area contributed by atoms with Crippen molar-refractivity contribution in [3.8, 4) is 26.9 Å². The number of aryl methyl sites for hydroxylation is 1. The maximum absolute atomic E-state index is 12.8.